The first-order valence-electron chi connectivity index (χ1n) is 7.05. The van der Waals surface area contributed by atoms with Gasteiger partial charge in [0.2, 0.25) is 5.91 Å². The Labute approximate surface area is 131 Å². The molecule has 1 fully saturated rings. The summed E-state index contributed by atoms with van der Waals surface area (Å²) in [7, 11) is 0. The van der Waals surface area contributed by atoms with Crippen LogP contribution in [0.4, 0.5) is 0 Å². The van der Waals surface area contributed by atoms with Crippen molar-refractivity contribution in [3.63, 3.8) is 0 Å². The average Bonchev–Trinajstić information content (AvgIpc) is 2.47. The number of hydrogen-bond acceptors (Lipinski definition) is 4. The summed E-state index contributed by atoms with van der Waals surface area (Å²) in [5, 5.41) is 6.10. The molecule has 0 aliphatic carbocycles. The first-order valence-corrected chi connectivity index (χ1v) is 7.05. The molecule has 1 aliphatic rings. The van der Waals surface area contributed by atoms with Crippen LogP contribution in [0, 0.1) is 0 Å². The van der Waals surface area contributed by atoms with Crippen LogP contribution < -0.4 is 15.4 Å². The number of amides is 1. The molecule has 2 rings (SSSR count). The number of halogens is 1. The van der Waals surface area contributed by atoms with Crippen LogP contribution in [-0.4, -0.2) is 37.8 Å². The maximum absolute atomic E-state index is 12.1. The standard InChI is InChI=1S/C15H22N2O3.ClH/c1-3-19-13-6-4-12(5-7-13)10-17-15(18)14-11(2)20-9-8-16-14;/h4-7,11,14,16H,3,8-10H2,1-2H3,(H,17,18);1H/t11-,14+;/m1./s1. The predicted octanol–water partition coefficient (Wildman–Crippen LogP) is 1.50. The van der Waals surface area contributed by atoms with Crippen LogP contribution in [0.1, 0.15) is 19.4 Å². The minimum atomic E-state index is -0.272. The molecule has 118 valence electrons. The second-order valence-electron chi connectivity index (χ2n) is 4.80. The first kappa shape index (κ1) is 17.8. The highest BCUT2D eigenvalue weighted by Crippen LogP contribution is 2.12. The van der Waals surface area contributed by atoms with E-state index in [1.54, 1.807) is 0 Å². The molecular formula is C15H23ClN2O3. The average molecular weight is 315 g/mol. The van der Waals surface area contributed by atoms with Crippen LogP contribution in [0.5, 0.6) is 5.75 Å². The van der Waals surface area contributed by atoms with Crippen LogP contribution in [0.25, 0.3) is 0 Å². The Balaban J connectivity index is 0.00000220. The van der Waals surface area contributed by atoms with Gasteiger partial charge in [-0.05, 0) is 31.5 Å². The number of morpholine rings is 1. The topological polar surface area (TPSA) is 59.6 Å². The second kappa shape index (κ2) is 8.87. The quantitative estimate of drug-likeness (QED) is 0.865. The zero-order chi connectivity index (χ0) is 14.4. The van der Waals surface area contributed by atoms with Gasteiger partial charge in [0.25, 0.3) is 0 Å². The van der Waals surface area contributed by atoms with Gasteiger partial charge in [-0.3, -0.25) is 4.79 Å². The molecule has 0 bridgehead atoms. The molecule has 0 spiro atoms. The monoisotopic (exact) mass is 314 g/mol. The Kier molecular flexibility index (Phi) is 7.50. The van der Waals surface area contributed by atoms with E-state index in [-0.39, 0.29) is 30.5 Å². The highest BCUT2D eigenvalue weighted by molar-refractivity contribution is 5.85. The molecule has 0 aromatic heterocycles. The molecule has 0 radical (unpaired) electrons. The van der Waals surface area contributed by atoms with E-state index in [1.807, 2.05) is 38.1 Å². The summed E-state index contributed by atoms with van der Waals surface area (Å²) in [4.78, 5) is 12.1. The zero-order valence-electron chi connectivity index (χ0n) is 12.4. The maximum atomic E-state index is 12.1. The summed E-state index contributed by atoms with van der Waals surface area (Å²) in [5.74, 6) is 0.824. The fourth-order valence-electron chi connectivity index (χ4n) is 2.20. The van der Waals surface area contributed by atoms with Crippen molar-refractivity contribution in [2.24, 2.45) is 0 Å². The van der Waals surface area contributed by atoms with Gasteiger partial charge in [0.1, 0.15) is 11.8 Å². The molecular weight excluding hydrogens is 292 g/mol. The van der Waals surface area contributed by atoms with Gasteiger partial charge in [0.05, 0.1) is 19.3 Å². The molecule has 1 heterocycles. The van der Waals surface area contributed by atoms with Gasteiger partial charge >= 0.3 is 0 Å². The smallest absolute Gasteiger partial charge is 0.240 e. The Bertz CT molecular complexity index is 439. The molecule has 1 aliphatic heterocycles. The van der Waals surface area contributed by atoms with Crippen molar-refractivity contribution in [2.75, 3.05) is 19.8 Å². The number of nitrogens with one attached hydrogen (secondary N) is 2. The normalized spacial score (nSPS) is 21.2. The van der Waals surface area contributed by atoms with Gasteiger partial charge in [-0.25, -0.2) is 0 Å². The Hall–Kier alpha value is -1.30. The maximum Gasteiger partial charge on any atom is 0.240 e. The Morgan fingerprint density at radius 3 is 2.76 bits per heavy atom. The molecule has 2 N–H and O–H groups in total. The molecule has 1 aromatic carbocycles. The number of carbonyl (C=O) groups excluding carboxylic acids is 1. The van der Waals surface area contributed by atoms with Crippen LogP contribution in [0.2, 0.25) is 0 Å². The lowest BCUT2D eigenvalue weighted by molar-refractivity contribution is -0.129. The van der Waals surface area contributed by atoms with Gasteiger partial charge in [-0.2, -0.15) is 0 Å². The number of hydrogen-bond donors (Lipinski definition) is 2. The van der Waals surface area contributed by atoms with Gasteiger partial charge in [0, 0.05) is 13.1 Å². The highest BCUT2D eigenvalue weighted by Gasteiger charge is 2.27. The lowest BCUT2D eigenvalue weighted by Gasteiger charge is -2.29. The molecule has 1 aromatic rings. The summed E-state index contributed by atoms with van der Waals surface area (Å²) >= 11 is 0. The van der Waals surface area contributed by atoms with Gasteiger partial charge in [0.15, 0.2) is 0 Å². The SMILES string of the molecule is CCOc1ccc(CNC(=O)[C@H]2NCCO[C@@H]2C)cc1.Cl. The minimum absolute atomic E-state index is 0. The summed E-state index contributed by atoms with van der Waals surface area (Å²) in [6.45, 7) is 6.40. The van der Waals surface area contributed by atoms with Crippen molar-refractivity contribution >= 4 is 18.3 Å². The first-order chi connectivity index (χ1) is 9.70. The van der Waals surface area contributed by atoms with Crippen LogP contribution in [0.3, 0.4) is 0 Å². The second-order valence-corrected chi connectivity index (χ2v) is 4.80. The lowest BCUT2D eigenvalue weighted by Crippen LogP contribution is -2.55. The van der Waals surface area contributed by atoms with E-state index < -0.39 is 0 Å². The minimum Gasteiger partial charge on any atom is -0.494 e. The third-order valence-corrected chi connectivity index (χ3v) is 3.30. The molecule has 1 amide bonds. The molecule has 1 saturated heterocycles. The Morgan fingerprint density at radius 2 is 2.14 bits per heavy atom. The third kappa shape index (κ3) is 5.19. The zero-order valence-corrected chi connectivity index (χ0v) is 13.2. The summed E-state index contributed by atoms with van der Waals surface area (Å²) < 4.78 is 10.8. The van der Waals surface area contributed by atoms with E-state index in [0.29, 0.717) is 26.3 Å². The Morgan fingerprint density at radius 1 is 1.43 bits per heavy atom. The van der Waals surface area contributed by atoms with Crippen molar-refractivity contribution in [2.45, 2.75) is 32.5 Å². The van der Waals surface area contributed by atoms with Crippen molar-refractivity contribution in [3.05, 3.63) is 29.8 Å². The van der Waals surface area contributed by atoms with Crippen molar-refractivity contribution in [1.82, 2.24) is 10.6 Å². The van der Waals surface area contributed by atoms with Gasteiger partial charge in [-0.15, -0.1) is 12.4 Å². The summed E-state index contributed by atoms with van der Waals surface area (Å²) in [6, 6.07) is 7.47. The number of rotatable bonds is 5. The number of carbonyl (C=O) groups is 1. The highest BCUT2D eigenvalue weighted by atomic mass is 35.5. The predicted molar refractivity (Wildman–Crippen MR) is 83.9 cm³/mol. The van der Waals surface area contributed by atoms with Gasteiger partial charge in [-0.1, -0.05) is 12.1 Å². The third-order valence-electron chi connectivity index (χ3n) is 3.30. The summed E-state index contributed by atoms with van der Waals surface area (Å²) in [6.07, 6.45) is -0.0934. The molecule has 0 unspecified atom stereocenters. The van der Waals surface area contributed by atoms with Gasteiger partial charge < -0.3 is 20.1 Å². The van der Waals surface area contributed by atoms with Crippen molar-refractivity contribution in [1.29, 1.82) is 0 Å². The van der Waals surface area contributed by atoms with E-state index in [0.717, 1.165) is 11.3 Å². The lowest BCUT2D eigenvalue weighted by atomic mass is 10.1. The van der Waals surface area contributed by atoms with Crippen LogP contribution >= 0.6 is 12.4 Å². The van der Waals surface area contributed by atoms with Crippen LogP contribution in [0.15, 0.2) is 24.3 Å². The summed E-state index contributed by atoms with van der Waals surface area (Å²) in [5.41, 5.74) is 1.05. The van der Waals surface area contributed by atoms with E-state index in [1.165, 1.54) is 0 Å². The largest absolute Gasteiger partial charge is 0.494 e. The molecule has 6 heteroatoms. The van der Waals surface area contributed by atoms with Crippen molar-refractivity contribution in [3.8, 4) is 5.75 Å². The number of benzene rings is 1. The van der Waals surface area contributed by atoms with E-state index in [2.05, 4.69) is 10.6 Å². The molecule has 0 saturated carbocycles. The fraction of sp³-hybridized carbons (Fsp3) is 0.533. The molecule has 2 atom stereocenters. The molecule has 21 heavy (non-hydrogen) atoms. The molecule has 5 nitrogen and oxygen atoms in total. The van der Waals surface area contributed by atoms with E-state index in [9.17, 15) is 4.79 Å². The fourth-order valence-corrected chi connectivity index (χ4v) is 2.20. The van der Waals surface area contributed by atoms with Crippen LogP contribution in [-0.2, 0) is 16.1 Å². The number of ether oxygens (including phenoxy) is 2. The van der Waals surface area contributed by atoms with E-state index >= 15 is 0 Å². The van der Waals surface area contributed by atoms with Crippen molar-refractivity contribution < 1.29 is 14.3 Å². The van der Waals surface area contributed by atoms with E-state index in [4.69, 9.17) is 9.47 Å².